The van der Waals surface area contributed by atoms with Crippen LogP contribution in [-0.4, -0.2) is 27.0 Å². The number of aromatic nitrogens is 3. The predicted molar refractivity (Wildman–Crippen MR) is 95.5 cm³/mol. The zero-order valence-electron chi connectivity index (χ0n) is 15.1. The molecule has 0 bridgehead atoms. The van der Waals surface area contributed by atoms with Crippen LogP contribution in [0.15, 0.2) is 36.5 Å². The molecule has 0 aliphatic rings. The number of hydrogen-bond donors (Lipinski definition) is 1. The van der Waals surface area contributed by atoms with E-state index in [1.165, 1.54) is 0 Å². The van der Waals surface area contributed by atoms with Crippen LogP contribution in [0.2, 0.25) is 0 Å². The maximum Gasteiger partial charge on any atom is 0.433 e. The molecule has 27 heavy (non-hydrogen) atoms. The zero-order chi connectivity index (χ0) is 19.8. The van der Waals surface area contributed by atoms with E-state index in [4.69, 9.17) is 0 Å². The van der Waals surface area contributed by atoms with Gasteiger partial charge in [-0.15, -0.1) is 0 Å². The van der Waals surface area contributed by atoms with Crippen molar-refractivity contribution in [2.24, 2.45) is 0 Å². The number of hydrogen-bond acceptors (Lipinski definition) is 3. The first-order chi connectivity index (χ1) is 12.7. The van der Waals surface area contributed by atoms with Gasteiger partial charge in [-0.25, -0.2) is 9.50 Å². The Morgan fingerprint density at radius 1 is 1.22 bits per heavy atom. The van der Waals surface area contributed by atoms with E-state index < -0.39 is 17.8 Å². The van der Waals surface area contributed by atoms with Gasteiger partial charge in [0.15, 0.2) is 11.3 Å². The van der Waals surface area contributed by atoms with E-state index in [0.29, 0.717) is 22.5 Å². The molecular formula is C19H19F3N4O. The first-order valence-electron chi connectivity index (χ1n) is 8.57. The van der Waals surface area contributed by atoms with Gasteiger partial charge in [-0.1, -0.05) is 38.1 Å². The number of carbonyl (C=O) groups is 1. The second kappa shape index (κ2) is 7.02. The van der Waals surface area contributed by atoms with Crippen molar-refractivity contribution in [2.45, 2.75) is 32.9 Å². The molecule has 3 aromatic rings. The highest BCUT2D eigenvalue weighted by Gasteiger charge is 2.36. The third-order valence-electron chi connectivity index (χ3n) is 4.22. The van der Waals surface area contributed by atoms with Crippen LogP contribution in [0.25, 0.3) is 16.9 Å². The molecular weight excluding hydrogens is 357 g/mol. The van der Waals surface area contributed by atoms with Crippen molar-refractivity contribution in [3.05, 3.63) is 53.3 Å². The van der Waals surface area contributed by atoms with E-state index in [9.17, 15) is 18.0 Å². The van der Waals surface area contributed by atoms with Gasteiger partial charge in [0, 0.05) is 12.1 Å². The minimum absolute atomic E-state index is 0.00278. The lowest BCUT2D eigenvalue weighted by Gasteiger charge is -2.12. The normalized spacial score (nSPS) is 12.0. The molecule has 0 saturated heterocycles. The van der Waals surface area contributed by atoms with Gasteiger partial charge in [0.05, 0.1) is 11.9 Å². The predicted octanol–water partition coefficient (Wildman–Crippen LogP) is 4.29. The molecule has 0 fully saturated rings. The molecule has 1 amide bonds. The first-order valence-corrected chi connectivity index (χ1v) is 8.57. The summed E-state index contributed by atoms with van der Waals surface area (Å²) in [5.41, 5.74) is 0.641. The van der Waals surface area contributed by atoms with E-state index in [1.807, 2.05) is 26.0 Å². The van der Waals surface area contributed by atoms with Gasteiger partial charge >= 0.3 is 6.18 Å². The highest BCUT2D eigenvalue weighted by molar-refractivity contribution is 5.99. The number of nitrogens with zero attached hydrogens (tertiary/aromatic N) is 3. The van der Waals surface area contributed by atoms with E-state index in [2.05, 4.69) is 15.4 Å². The fourth-order valence-electron chi connectivity index (χ4n) is 2.77. The molecule has 0 saturated carbocycles. The Kier molecular flexibility index (Phi) is 4.91. The van der Waals surface area contributed by atoms with E-state index >= 15 is 0 Å². The van der Waals surface area contributed by atoms with Gasteiger partial charge in [0.2, 0.25) is 0 Å². The molecule has 0 radical (unpaired) electrons. The number of halogens is 3. The number of benzene rings is 1. The monoisotopic (exact) mass is 376 g/mol. The molecule has 0 atom stereocenters. The summed E-state index contributed by atoms with van der Waals surface area (Å²) in [4.78, 5) is 16.5. The van der Waals surface area contributed by atoms with Gasteiger partial charge in [-0.2, -0.15) is 18.3 Å². The molecule has 3 rings (SSSR count). The number of alkyl halides is 3. The van der Waals surface area contributed by atoms with Gasteiger partial charge in [0.1, 0.15) is 5.56 Å². The highest BCUT2D eigenvalue weighted by atomic mass is 19.4. The van der Waals surface area contributed by atoms with Crippen molar-refractivity contribution < 1.29 is 18.0 Å². The van der Waals surface area contributed by atoms with Crippen molar-refractivity contribution in [3.63, 3.8) is 0 Å². The summed E-state index contributed by atoms with van der Waals surface area (Å²) in [5.74, 6) is -0.208. The second-order valence-electron chi connectivity index (χ2n) is 6.45. The largest absolute Gasteiger partial charge is 0.433 e. The number of fused-ring (bicyclic) bond motifs is 1. The minimum atomic E-state index is -4.64. The number of amides is 1. The standard InChI is InChI=1S/C19H19F3N4O/c1-4-23-18(27)14-10-24-26-16(19(20,21)22)9-15(25-17(14)26)13-7-5-12(6-8-13)11(2)3/h5-11H,4H2,1-3H3,(H,23,27). The van der Waals surface area contributed by atoms with Crippen LogP contribution in [0.1, 0.15) is 48.3 Å². The van der Waals surface area contributed by atoms with Crippen LogP contribution in [-0.2, 0) is 6.18 Å². The van der Waals surface area contributed by atoms with E-state index in [-0.39, 0.29) is 16.9 Å². The Bertz CT molecular complexity index is 975. The molecule has 142 valence electrons. The molecule has 0 aliphatic carbocycles. The lowest BCUT2D eigenvalue weighted by atomic mass is 10.0. The summed E-state index contributed by atoms with van der Waals surface area (Å²) in [5, 5.41) is 6.30. The van der Waals surface area contributed by atoms with Crippen LogP contribution in [0, 0.1) is 0 Å². The number of rotatable bonds is 4. The van der Waals surface area contributed by atoms with E-state index in [1.54, 1.807) is 19.1 Å². The molecule has 1 N–H and O–H groups in total. The molecule has 2 heterocycles. The Balaban J connectivity index is 2.21. The summed E-state index contributed by atoms with van der Waals surface area (Å²) in [6.45, 7) is 6.14. The number of nitrogens with one attached hydrogen (secondary N) is 1. The smallest absolute Gasteiger partial charge is 0.352 e. The summed E-state index contributed by atoms with van der Waals surface area (Å²) in [6.07, 6.45) is -3.54. The Morgan fingerprint density at radius 3 is 2.44 bits per heavy atom. The maximum atomic E-state index is 13.6. The van der Waals surface area contributed by atoms with Crippen molar-refractivity contribution in [1.82, 2.24) is 19.9 Å². The van der Waals surface area contributed by atoms with Crippen molar-refractivity contribution in [3.8, 4) is 11.3 Å². The van der Waals surface area contributed by atoms with Crippen LogP contribution in [0.5, 0.6) is 0 Å². The average molecular weight is 376 g/mol. The fourth-order valence-corrected chi connectivity index (χ4v) is 2.77. The molecule has 5 nitrogen and oxygen atoms in total. The highest BCUT2D eigenvalue weighted by Crippen LogP contribution is 2.33. The van der Waals surface area contributed by atoms with Gasteiger partial charge < -0.3 is 5.32 Å². The Morgan fingerprint density at radius 2 is 1.89 bits per heavy atom. The van der Waals surface area contributed by atoms with Gasteiger partial charge in [0.25, 0.3) is 5.91 Å². The van der Waals surface area contributed by atoms with Gasteiger partial charge in [-0.05, 0) is 24.5 Å². The first kappa shape index (κ1) is 18.9. The third kappa shape index (κ3) is 3.65. The fraction of sp³-hybridized carbons (Fsp3) is 0.316. The molecule has 2 aromatic heterocycles. The van der Waals surface area contributed by atoms with Crippen LogP contribution in [0.3, 0.4) is 0 Å². The molecule has 8 heteroatoms. The summed E-state index contributed by atoms with van der Waals surface area (Å²) >= 11 is 0. The second-order valence-corrected chi connectivity index (χ2v) is 6.45. The molecule has 0 aliphatic heterocycles. The van der Waals surface area contributed by atoms with Gasteiger partial charge in [-0.3, -0.25) is 4.79 Å². The summed E-state index contributed by atoms with van der Waals surface area (Å²) in [7, 11) is 0. The Labute approximate surface area is 154 Å². The van der Waals surface area contributed by atoms with Crippen molar-refractivity contribution >= 4 is 11.6 Å². The Hall–Kier alpha value is -2.90. The summed E-state index contributed by atoms with van der Waals surface area (Å²) in [6, 6.07) is 8.14. The molecule has 1 aromatic carbocycles. The lowest BCUT2D eigenvalue weighted by Crippen LogP contribution is -2.23. The van der Waals surface area contributed by atoms with Crippen LogP contribution in [0.4, 0.5) is 13.2 Å². The average Bonchev–Trinajstić information content (AvgIpc) is 3.04. The topological polar surface area (TPSA) is 59.3 Å². The minimum Gasteiger partial charge on any atom is -0.352 e. The molecule has 0 spiro atoms. The van der Waals surface area contributed by atoms with E-state index in [0.717, 1.165) is 17.8 Å². The summed E-state index contributed by atoms with van der Waals surface area (Å²) < 4.78 is 41.3. The zero-order valence-corrected chi connectivity index (χ0v) is 15.1. The van der Waals surface area contributed by atoms with Crippen LogP contribution >= 0.6 is 0 Å². The SMILES string of the molecule is CCNC(=O)c1cnn2c(C(F)(F)F)cc(-c3ccc(C(C)C)cc3)nc12. The van der Waals surface area contributed by atoms with Crippen molar-refractivity contribution in [1.29, 1.82) is 0 Å². The quantitative estimate of drug-likeness (QED) is 0.739. The maximum absolute atomic E-state index is 13.6. The number of carbonyl (C=O) groups excluding carboxylic acids is 1. The molecule has 0 unspecified atom stereocenters. The van der Waals surface area contributed by atoms with Crippen LogP contribution < -0.4 is 5.32 Å². The van der Waals surface area contributed by atoms with Crippen molar-refractivity contribution in [2.75, 3.05) is 6.54 Å². The lowest BCUT2D eigenvalue weighted by molar-refractivity contribution is -0.142. The third-order valence-corrected chi connectivity index (χ3v) is 4.22.